The molecule has 0 spiro atoms. The molecule has 0 fully saturated rings. The molecule has 0 saturated heterocycles. The van der Waals surface area contributed by atoms with Crippen LogP contribution in [0.5, 0.6) is 0 Å². The van der Waals surface area contributed by atoms with Gasteiger partial charge in [-0.25, -0.2) is 4.79 Å². The average Bonchev–Trinajstić information content (AvgIpc) is 3.13. The van der Waals surface area contributed by atoms with Gasteiger partial charge >= 0.3 is 5.97 Å². The minimum atomic E-state index is -0.965. The maximum Gasteiger partial charge on any atom is 0.341 e. The van der Waals surface area contributed by atoms with Crippen LogP contribution in [0.1, 0.15) is 23.0 Å². The third-order valence-corrected chi connectivity index (χ3v) is 3.34. The summed E-state index contributed by atoms with van der Waals surface area (Å²) in [7, 11) is 0. The molecule has 7 heteroatoms. The molecule has 2 heterocycles. The number of nitrogens with zero attached hydrogens (tertiary/aromatic N) is 1. The molecule has 0 aliphatic carbocycles. The van der Waals surface area contributed by atoms with Crippen molar-refractivity contribution in [1.29, 1.82) is 0 Å². The number of ether oxygens (including phenoxy) is 1. The van der Waals surface area contributed by atoms with E-state index in [-0.39, 0.29) is 5.82 Å². The molecule has 1 atom stereocenters. The molecule has 7 nitrogen and oxygen atoms in total. The number of benzene rings is 1. The third-order valence-electron chi connectivity index (χ3n) is 3.34. The van der Waals surface area contributed by atoms with Crippen LogP contribution >= 0.6 is 0 Å². The highest BCUT2D eigenvalue weighted by atomic mass is 16.5. The second-order valence-corrected chi connectivity index (χ2v) is 5.11. The molecular weight excluding hydrogens is 298 g/mol. The van der Waals surface area contributed by atoms with E-state index in [0.717, 1.165) is 10.9 Å². The lowest BCUT2D eigenvalue weighted by atomic mass is 10.2. The summed E-state index contributed by atoms with van der Waals surface area (Å²) < 4.78 is 10.1. The highest BCUT2D eigenvalue weighted by Crippen LogP contribution is 2.19. The number of carbonyl (C=O) groups excluding carboxylic acids is 2. The van der Waals surface area contributed by atoms with Gasteiger partial charge < -0.3 is 19.6 Å². The Balaban J connectivity index is 1.68. The SMILES string of the molecule is Cc1cc(NC(=O)[C@H](C)OC(=O)c2c[nH]c3ccccc23)no1. The van der Waals surface area contributed by atoms with Crippen LogP contribution in [-0.2, 0) is 9.53 Å². The molecule has 0 aliphatic heterocycles. The molecule has 1 aromatic carbocycles. The highest BCUT2D eigenvalue weighted by Gasteiger charge is 2.21. The molecular formula is C16H15N3O4. The Hall–Kier alpha value is -3.09. The van der Waals surface area contributed by atoms with Crippen molar-refractivity contribution in [2.45, 2.75) is 20.0 Å². The fourth-order valence-electron chi connectivity index (χ4n) is 2.17. The zero-order chi connectivity index (χ0) is 16.4. The van der Waals surface area contributed by atoms with Crippen molar-refractivity contribution >= 4 is 28.6 Å². The molecule has 0 saturated carbocycles. The lowest BCUT2D eigenvalue weighted by Gasteiger charge is -2.11. The van der Waals surface area contributed by atoms with Crippen LogP contribution in [0, 0.1) is 6.92 Å². The van der Waals surface area contributed by atoms with E-state index in [2.05, 4.69) is 15.5 Å². The van der Waals surface area contributed by atoms with Gasteiger partial charge in [0.1, 0.15) is 5.76 Å². The number of aryl methyl sites for hydroxylation is 1. The van der Waals surface area contributed by atoms with Gasteiger partial charge in [0.05, 0.1) is 5.56 Å². The van der Waals surface area contributed by atoms with Gasteiger partial charge in [0.25, 0.3) is 5.91 Å². The number of para-hydroxylation sites is 1. The maximum absolute atomic E-state index is 12.2. The van der Waals surface area contributed by atoms with Gasteiger partial charge in [-0.3, -0.25) is 4.79 Å². The van der Waals surface area contributed by atoms with E-state index in [0.29, 0.717) is 11.3 Å². The molecule has 3 rings (SSSR count). The summed E-state index contributed by atoms with van der Waals surface area (Å²) in [4.78, 5) is 27.2. The van der Waals surface area contributed by atoms with Crippen molar-refractivity contribution in [2.24, 2.45) is 0 Å². The van der Waals surface area contributed by atoms with E-state index in [1.165, 1.54) is 6.92 Å². The average molecular weight is 313 g/mol. The van der Waals surface area contributed by atoms with Crippen molar-refractivity contribution in [3.05, 3.63) is 47.9 Å². The number of hydrogen-bond donors (Lipinski definition) is 2. The number of H-pyrrole nitrogens is 1. The quantitative estimate of drug-likeness (QED) is 0.722. The summed E-state index contributed by atoms with van der Waals surface area (Å²) in [5.41, 5.74) is 1.21. The number of rotatable bonds is 4. The summed E-state index contributed by atoms with van der Waals surface area (Å²) in [5.74, 6) is -0.195. The number of aromatic nitrogens is 2. The first-order valence-electron chi connectivity index (χ1n) is 7.06. The predicted octanol–water partition coefficient (Wildman–Crippen LogP) is 2.65. The normalized spacial score (nSPS) is 12.1. The van der Waals surface area contributed by atoms with E-state index in [4.69, 9.17) is 9.26 Å². The number of fused-ring (bicyclic) bond motifs is 1. The van der Waals surface area contributed by atoms with Gasteiger partial charge in [-0.2, -0.15) is 0 Å². The molecule has 3 aromatic rings. The van der Waals surface area contributed by atoms with Gasteiger partial charge in [-0.1, -0.05) is 23.4 Å². The predicted molar refractivity (Wildman–Crippen MR) is 83.0 cm³/mol. The number of aromatic amines is 1. The Morgan fingerprint density at radius 2 is 2.13 bits per heavy atom. The fraction of sp³-hybridized carbons (Fsp3) is 0.188. The van der Waals surface area contributed by atoms with Crippen LogP contribution in [-0.4, -0.2) is 28.1 Å². The summed E-state index contributed by atoms with van der Waals surface area (Å²) in [6.07, 6.45) is 0.603. The second kappa shape index (κ2) is 5.96. The first-order chi connectivity index (χ1) is 11.0. The molecule has 0 radical (unpaired) electrons. The molecule has 0 unspecified atom stereocenters. The smallest absolute Gasteiger partial charge is 0.341 e. The molecule has 2 aromatic heterocycles. The Morgan fingerprint density at radius 1 is 1.35 bits per heavy atom. The first kappa shape index (κ1) is 14.8. The number of anilines is 1. The number of nitrogens with one attached hydrogen (secondary N) is 2. The number of hydrogen-bond acceptors (Lipinski definition) is 5. The Bertz CT molecular complexity index is 865. The summed E-state index contributed by atoms with van der Waals surface area (Å²) >= 11 is 0. The van der Waals surface area contributed by atoms with Gasteiger partial charge in [-0.15, -0.1) is 0 Å². The highest BCUT2D eigenvalue weighted by molar-refractivity contribution is 6.05. The van der Waals surface area contributed by atoms with Crippen molar-refractivity contribution in [3.8, 4) is 0 Å². The van der Waals surface area contributed by atoms with Gasteiger partial charge in [0.2, 0.25) is 0 Å². The van der Waals surface area contributed by atoms with E-state index in [1.54, 1.807) is 19.2 Å². The third kappa shape index (κ3) is 3.08. The Morgan fingerprint density at radius 3 is 2.87 bits per heavy atom. The minimum Gasteiger partial charge on any atom is -0.449 e. The summed E-state index contributed by atoms with van der Waals surface area (Å²) in [6.45, 7) is 3.21. The van der Waals surface area contributed by atoms with Gasteiger partial charge in [0, 0.05) is 23.2 Å². The molecule has 23 heavy (non-hydrogen) atoms. The Kier molecular flexibility index (Phi) is 3.84. The van der Waals surface area contributed by atoms with Gasteiger partial charge in [-0.05, 0) is 19.9 Å². The number of esters is 1. The topological polar surface area (TPSA) is 97.2 Å². The second-order valence-electron chi connectivity index (χ2n) is 5.11. The first-order valence-corrected chi connectivity index (χ1v) is 7.06. The van der Waals surface area contributed by atoms with Crippen LogP contribution < -0.4 is 5.32 Å². The van der Waals surface area contributed by atoms with Crippen LogP contribution in [0.25, 0.3) is 10.9 Å². The lowest BCUT2D eigenvalue weighted by Crippen LogP contribution is -2.30. The van der Waals surface area contributed by atoms with Crippen LogP contribution in [0.4, 0.5) is 5.82 Å². The van der Waals surface area contributed by atoms with Crippen molar-refractivity contribution < 1.29 is 18.8 Å². The molecule has 0 aliphatic rings. The largest absolute Gasteiger partial charge is 0.449 e. The standard InChI is InChI=1S/C16H15N3O4/c1-9-7-14(19-23-9)18-15(20)10(2)22-16(21)12-8-17-13-6-4-3-5-11(12)13/h3-8,10,17H,1-2H3,(H,18,19,20)/t10-/m0/s1. The fourth-order valence-corrected chi connectivity index (χ4v) is 2.17. The van der Waals surface area contributed by atoms with Gasteiger partial charge in [0.15, 0.2) is 11.9 Å². The van der Waals surface area contributed by atoms with E-state index in [9.17, 15) is 9.59 Å². The van der Waals surface area contributed by atoms with Crippen molar-refractivity contribution in [2.75, 3.05) is 5.32 Å². The monoisotopic (exact) mass is 313 g/mol. The van der Waals surface area contributed by atoms with Crippen molar-refractivity contribution in [3.63, 3.8) is 0 Å². The molecule has 0 bridgehead atoms. The number of amides is 1. The molecule has 1 amide bonds. The maximum atomic E-state index is 12.2. The Labute approximate surface area is 131 Å². The molecule has 118 valence electrons. The number of carbonyl (C=O) groups is 2. The van der Waals surface area contributed by atoms with Crippen LogP contribution in [0.15, 0.2) is 41.1 Å². The van der Waals surface area contributed by atoms with Crippen LogP contribution in [0.3, 0.4) is 0 Å². The summed E-state index contributed by atoms with van der Waals surface area (Å²) in [6, 6.07) is 8.94. The van der Waals surface area contributed by atoms with E-state index >= 15 is 0 Å². The van der Waals surface area contributed by atoms with Crippen LogP contribution in [0.2, 0.25) is 0 Å². The summed E-state index contributed by atoms with van der Waals surface area (Å²) in [5, 5.41) is 6.92. The van der Waals surface area contributed by atoms with Crippen molar-refractivity contribution in [1.82, 2.24) is 10.1 Å². The van der Waals surface area contributed by atoms with E-state index < -0.39 is 18.0 Å². The zero-order valence-corrected chi connectivity index (χ0v) is 12.6. The lowest BCUT2D eigenvalue weighted by molar-refractivity contribution is -0.123. The minimum absolute atomic E-state index is 0.280. The zero-order valence-electron chi connectivity index (χ0n) is 12.6. The molecule has 2 N–H and O–H groups in total. The van der Waals surface area contributed by atoms with E-state index in [1.807, 2.05) is 24.3 Å².